The molecule has 1 fully saturated rings. The second-order valence-corrected chi connectivity index (χ2v) is 5.96. The third kappa shape index (κ3) is 3.75. The number of ether oxygens (including phenoxy) is 3. The minimum Gasteiger partial charge on any atom is -0.454 e. The summed E-state index contributed by atoms with van der Waals surface area (Å²) in [5, 5.41) is 2.96. The van der Waals surface area contributed by atoms with E-state index in [0.717, 1.165) is 25.7 Å². The highest BCUT2D eigenvalue weighted by molar-refractivity contribution is 5.93. The Morgan fingerprint density at radius 1 is 1.17 bits per heavy atom. The number of esters is 1. The van der Waals surface area contributed by atoms with E-state index in [9.17, 15) is 9.59 Å². The maximum Gasteiger partial charge on any atom is 0.339 e. The third-order valence-corrected chi connectivity index (χ3v) is 4.21. The zero-order valence-corrected chi connectivity index (χ0v) is 13.2. The van der Waals surface area contributed by atoms with Crippen molar-refractivity contribution in [3.05, 3.63) is 23.8 Å². The van der Waals surface area contributed by atoms with Crippen molar-refractivity contribution in [2.75, 3.05) is 6.79 Å². The molecule has 0 spiro atoms. The molecule has 3 rings (SSSR count). The summed E-state index contributed by atoms with van der Waals surface area (Å²) in [6.45, 7) is 1.73. The number of rotatable bonds is 4. The average Bonchev–Trinajstić information content (AvgIpc) is 3.03. The highest BCUT2D eigenvalue weighted by Crippen LogP contribution is 2.32. The molecule has 0 aromatic heterocycles. The van der Waals surface area contributed by atoms with E-state index in [4.69, 9.17) is 14.2 Å². The summed E-state index contributed by atoms with van der Waals surface area (Å²) in [5.41, 5.74) is 0.339. The Morgan fingerprint density at radius 3 is 2.70 bits per heavy atom. The molecular weight excluding hydrogens is 298 g/mol. The summed E-state index contributed by atoms with van der Waals surface area (Å²) in [6, 6.07) is 5.02. The molecule has 1 aromatic carbocycles. The minimum atomic E-state index is -0.824. The number of hydrogen-bond acceptors (Lipinski definition) is 5. The van der Waals surface area contributed by atoms with Crippen LogP contribution in [0.15, 0.2) is 18.2 Å². The first kappa shape index (κ1) is 15.6. The Hall–Kier alpha value is -2.24. The van der Waals surface area contributed by atoms with Crippen molar-refractivity contribution < 1.29 is 23.8 Å². The van der Waals surface area contributed by atoms with Crippen LogP contribution in [0.2, 0.25) is 0 Å². The van der Waals surface area contributed by atoms with E-state index in [1.54, 1.807) is 25.1 Å². The lowest BCUT2D eigenvalue weighted by Crippen LogP contribution is -2.42. The summed E-state index contributed by atoms with van der Waals surface area (Å²) < 4.78 is 15.7. The highest BCUT2D eigenvalue weighted by Gasteiger charge is 2.24. The van der Waals surface area contributed by atoms with E-state index in [2.05, 4.69) is 5.32 Å². The van der Waals surface area contributed by atoms with Crippen LogP contribution in [0.25, 0.3) is 0 Å². The summed E-state index contributed by atoms with van der Waals surface area (Å²) in [5.74, 6) is 0.323. The molecule has 1 atom stereocenters. The van der Waals surface area contributed by atoms with E-state index in [1.807, 2.05) is 0 Å². The molecule has 1 aromatic rings. The maximum atomic E-state index is 12.2. The summed E-state index contributed by atoms with van der Waals surface area (Å²) in [4.78, 5) is 24.3. The second-order valence-electron chi connectivity index (χ2n) is 5.96. The van der Waals surface area contributed by atoms with Crippen molar-refractivity contribution >= 4 is 11.9 Å². The van der Waals surface area contributed by atoms with Gasteiger partial charge in [0.25, 0.3) is 5.91 Å². The van der Waals surface area contributed by atoms with Gasteiger partial charge >= 0.3 is 5.97 Å². The zero-order chi connectivity index (χ0) is 16.2. The van der Waals surface area contributed by atoms with Crippen LogP contribution < -0.4 is 14.8 Å². The first-order valence-electron chi connectivity index (χ1n) is 8.04. The van der Waals surface area contributed by atoms with Crippen LogP contribution in [0.5, 0.6) is 11.5 Å². The van der Waals surface area contributed by atoms with Gasteiger partial charge in [-0.05, 0) is 38.0 Å². The fourth-order valence-corrected chi connectivity index (χ4v) is 2.87. The van der Waals surface area contributed by atoms with Gasteiger partial charge in [-0.3, -0.25) is 4.79 Å². The van der Waals surface area contributed by atoms with Crippen LogP contribution in [0.3, 0.4) is 0 Å². The smallest absolute Gasteiger partial charge is 0.339 e. The predicted octanol–water partition coefficient (Wildman–Crippen LogP) is 2.41. The van der Waals surface area contributed by atoms with E-state index in [-0.39, 0.29) is 18.7 Å². The molecule has 0 radical (unpaired) electrons. The van der Waals surface area contributed by atoms with Gasteiger partial charge in [-0.15, -0.1) is 0 Å². The molecule has 1 aliphatic carbocycles. The molecule has 1 saturated carbocycles. The summed E-state index contributed by atoms with van der Waals surface area (Å²) in [7, 11) is 0. The number of carbonyl (C=O) groups is 2. The molecule has 0 bridgehead atoms. The molecule has 23 heavy (non-hydrogen) atoms. The Morgan fingerprint density at radius 2 is 1.91 bits per heavy atom. The molecule has 1 N–H and O–H groups in total. The van der Waals surface area contributed by atoms with Crippen LogP contribution in [0.4, 0.5) is 0 Å². The fraction of sp³-hybridized carbons (Fsp3) is 0.529. The summed E-state index contributed by atoms with van der Waals surface area (Å²) in [6.07, 6.45) is 4.66. The van der Waals surface area contributed by atoms with Crippen molar-refractivity contribution in [3.63, 3.8) is 0 Å². The van der Waals surface area contributed by atoms with E-state index < -0.39 is 12.1 Å². The van der Waals surface area contributed by atoms with Gasteiger partial charge in [0, 0.05) is 6.04 Å². The highest BCUT2D eigenvalue weighted by atomic mass is 16.7. The molecule has 1 heterocycles. The minimum absolute atomic E-state index is 0.147. The lowest BCUT2D eigenvalue weighted by Gasteiger charge is -2.24. The van der Waals surface area contributed by atoms with Crippen LogP contribution in [-0.2, 0) is 9.53 Å². The average molecular weight is 319 g/mol. The van der Waals surface area contributed by atoms with Crippen molar-refractivity contribution in [2.24, 2.45) is 0 Å². The van der Waals surface area contributed by atoms with Gasteiger partial charge in [0.05, 0.1) is 5.56 Å². The maximum absolute atomic E-state index is 12.2. The van der Waals surface area contributed by atoms with Gasteiger partial charge in [-0.2, -0.15) is 0 Å². The number of fused-ring (bicyclic) bond motifs is 1. The molecule has 1 amide bonds. The number of nitrogens with one attached hydrogen (secondary N) is 1. The van der Waals surface area contributed by atoms with Gasteiger partial charge < -0.3 is 19.5 Å². The molecular formula is C17H21NO5. The number of carbonyl (C=O) groups excluding carboxylic acids is 2. The van der Waals surface area contributed by atoms with E-state index >= 15 is 0 Å². The first-order chi connectivity index (χ1) is 11.1. The lowest BCUT2D eigenvalue weighted by molar-refractivity contribution is -0.130. The molecule has 6 nitrogen and oxygen atoms in total. The molecule has 6 heteroatoms. The van der Waals surface area contributed by atoms with Gasteiger partial charge in [-0.1, -0.05) is 19.3 Å². The Balaban J connectivity index is 1.55. The third-order valence-electron chi connectivity index (χ3n) is 4.21. The molecule has 2 aliphatic rings. The second kappa shape index (κ2) is 6.89. The Kier molecular flexibility index (Phi) is 4.69. The first-order valence-corrected chi connectivity index (χ1v) is 8.04. The van der Waals surface area contributed by atoms with Crippen LogP contribution in [0.1, 0.15) is 49.4 Å². The predicted molar refractivity (Wildman–Crippen MR) is 82.5 cm³/mol. The van der Waals surface area contributed by atoms with Crippen molar-refractivity contribution in [3.8, 4) is 11.5 Å². The van der Waals surface area contributed by atoms with Gasteiger partial charge in [0.1, 0.15) is 0 Å². The van der Waals surface area contributed by atoms with Crippen LogP contribution >= 0.6 is 0 Å². The standard InChI is InChI=1S/C17H21NO5/c1-11(16(19)18-13-5-3-2-4-6-13)23-17(20)12-7-8-14-15(9-12)22-10-21-14/h7-9,11,13H,2-6,10H2,1H3,(H,18,19)/t11-/m0/s1. The van der Waals surface area contributed by atoms with Gasteiger partial charge in [0.2, 0.25) is 6.79 Å². The van der Waals surface area contributed by atoms with E-state index in [0.29, 0.717) is 17.1 Å². The monoisotopic (exact) mass is 319 g/mol. The van der Waals surface area contributed by atoms with Gasteiger partial charge in [-0.25, -0.2) is 4.79 Å². The zero-order valence-electron chi connectivity index (χ0n) is 13.2. The number of amides is 1. The largest absolute Gasteiger partial charge is 0.454 e. The Labute approximate surface area is 135 Å². The topological polar surface area (TPSA) is 73.9 Å². The normalized spacial score (nSPS) is 18.3. The molecule has 0 saturated heterocycles. The van der Waals surface area contributed by atoms with Crippen LogP contribution in [-0.4, -0.2) is 30.8 Å². The van der Waals surface area contributed by atoms with E-state index in [1.165, 1.54) is 6.42 Å². The Bertz CT molecular complexity index is 595. The van der Waals surface area contributed by atoms with Crippen molar-refractivity contribution in [2.45, 2.75) is 51.2 Å². The SMILES string of the molecule is C[C@H](OC(=O)c1ccc2c(c1)OCO2)C(=O)NC1CCCCC1. The van der Waals surface area contributed by atoms with Crippen molar-refractivity contribution in [1.82, 2.24) is 5.32 Å². The molecule has 1 aliphatic heterocycles. The van der Waals surface area contributed by atoms with Crippen molar-refractivity contribution in [1.29, 1.82) is 0 Å². The number of hydrogen-bond donors (Lipinski definition) is 1. The lowest BCUT2D eigenvalue weighted by atomic mass is 9.95. The van der Waals surface area contributed by atoms with Crippen LogP contribution in [0, 0.1) is 0 Å². The van der Waals surface area contributed by atoms with Gasteiger partial charge in [0.15, 0.2) is 17.6 Å². The number of benzene rings is 1. The summed E-state index contributed by atoms with van der Waals surface area (Å²) >= 11 is 0. The quantitative estimate of drug-likeness (QED) is 0.863. The molecule has 0 unspecified atom stereocenters. The fourth-order valence-electron chi connectivity index (χ4n) is 2.87. The molecule has 124 valence electrons.